The Kier molecular flexibility index (Phi) is 5.03. The fourth-order valence-electron chi connectivity index (χ4n) is 7.27. The first-order chi connectivity index (χ1) is 19.4. The number of fused-ring (bicyclic) bond motifs is 8. The Hall–Kier alpha value is -4.56. The van der Waals surface area contributed by atoms with Crippen molar-refractivity contribution >= 4 is 5.57 Å². The van der Waals surface area contributed by atoms with Crippen LogP contribution in [-0.4, -0.2) is 6.10 Å². The fourth-order valence-corrected chi connectivity index (χ4v) is 7.27. The molecule has 188 valence electrons. The SMILES string of the molecule is C1=C(c2ccccc2)C2Oc3c(-c4ccccc4)cccc3C3(c4ccccc4Oc4ccccc43)C2CC1. The number of rotatable bonds is 2. The van der Waals surface area contributed by atoms with Crippen LogP contribution in [0.25, 0.3) is 16.7 Å². The van der Waals surface area contributed by atoms with Crippen LogP contribution < -0.4 is 9.47 Å². The average Bonchev–Trinajstić information content (AvgIpc) is 3.01. The molecule has 0 saturated carbocycles. The summed E-state index contributed by atoms with van der Waals surface area (Å²) < 4.78 is 13.8. The summed E-state index contributed by atoms with van der Waals surface area (Å²) in [5, 5.41) is 0. The van der Waals surface area contributed by atoms with E-state index < -0.39 is 5.41 Å². The summed E-state index contributed by atoms with van der Waals surface area (Å²) in [5.41, 5.74) is 8.07. The van der Waals surface area contributed by atoms with Gasteiger partial charge in [-0.15, -0.1) is 0 Å². The number of hydrogen-bond acceptors (Lipinski definition) is 2. The van der Waals surface area contributed by atoms with Gasteiger partial charge in [0, 0.05) is 28.2 Å². The minimum atomic E-state index is -0.414. The maximum absolute atomic E-state index is 7.24. The summed E-state index contributed by atoms with van der Waals surface area (Å²) in [7, 11) is 0. The molecule has 0 bridgehead atoms. The third kappa shape index (κ3) is 3.21. The molecule has 0 fully saturated rings. The molecule has 2 heteroatoms. The summed E-state index contributed by atoms with van der Waals surface area (Å²) >= 11 is 0. The quantitative estimate of drug-likeness (QED) is 0.239. The van der Waals surface area contributed by atoms with Gasteiger partial charge in [-0.05, 0) is 41.7 Å². The normalized spacial score (nSPS) is 19.8. The topological polar surface area (TPSA) is 18.5 Å². The molecule has 2 aliphatic heterocycles. The Morgan fingerprint density at radius 1 is 0.564 bits per heavy atom. The lowest BCUT2D eigenvalue weighted by Gasteiger charge is -2.53. The third-order valence-electron chi connectivity index (χ3n) is 8.79. The molecule has 5 aromatic carbocycles. The van der Waals surface area contributed by atoms with Gasteiger partial charge in [-0.3, -0.25) is 0 Å². The van der Waals surface area contributed by atoms with Crippen molar-refractivity contribution in [2.75, 3.05) is 0 Å². The lowest BCUT2D eigenvalue weighted by Crippen LogP contribution is -2.52. The van der Waals surface area contributed by atoms with Crippen LogP contribution in [0.15, 0.2) is 133 Å². The van der Waals surface area contributed by atoms with E-state index in [9.17, 15) is 0 Å². The van der Waals surface area contributed by atoms with Crippen LogP contribution in [-0.2, 0) is 5.41 Å². The van der Waals surface area contributed by atoms with E-state index in [0.29, 0.717) is 0 Å². The van der Waals surface area contributed by atoms with Crippen molar-refractivity contribution in [3.8, 4) is 28.4 Å². The second-order valence-corrected chi connectivity index (χ2v) is 10.7. The average molecular weight is 505 g/mol. The van der Waals surface area contributed by atoms with Gasteiger partial charge in [-0.1, -0.05) is 121 Å². The first kappa shape index (κ1) is 22.4. The van der Waals surface area contributed by atoms with Gasteiger partial charge in [0.25, 0.3) is 0 Å². The monoisotopic (exact) mass is 504 g/mol. The lowest BCUT2D eigenvalue weighted by atomic mass is 9.54. The first-order valence-electron chi connectivity index (χ1n) is 13.8. The molecule has 1 spiro atoms. The van der Waals surface area contributed by atoms with E-state index in [1.165, 1.54) is 27.8 Å². The lowest BCUT2D eigenvalue weighted by molar-refractivity contribution is 0.104. The summed E-state index contributed by atoms with van der Waals surface area (Å²) in [6, 6.07) is 45.3. The molecule has 2 unspecified atom stereocenters. The van der Waals surface area contributed by atoms with Gasteiger partial charge in [0.15, 0.2) is 0 Å². The highest BCUT2D eigenvalue weighted by atomic mass is 16.5. The number of ether oxygens (including phenoxy) is 2. The third-order valence-corrected chi connectivity index (χ3v) is 8.79. The summed E-state index contributed by atoms with van der Waals surface area (Å²) in [4.78, 5) is 0. The van der Waals surface area contributed by atoms with Crippen LogP contribution >= 0.6 is 0 Å². The maximum atomic E-state index is 7.24. The van der Waals surface area contributed by atoms with Crippen LogP contribution in [0.1, 0.15) is 35.1 Å². The van der Waals surface area contributed by atoms with E-state index in [1.54, 1.807) is 0 Å². The van der Waals surface area contributed by atoms with E-state index in [0.717, 1.165) is 41.2 Å². The molecule has 0 aromatic heterocycles. The Bertz CT molecular complexity index is 1670. The Balaban J connectivity index is 1.48. The minimum Gasteiger partial charge on any atom is -0.484 e. The van der Waals surface area contributed by atoms with Crippen molar-refractivity contribution in [3.05, 3.63) is 156 Å². The van der Waals surface area contributed by atoms with Crippen molar-refractivity contribution in [3.63, 3.8) is 0 Å². The van der Waals surface area contributed by atoms with E-state index >= 15 is 0 Å². The van der Waals surface area contributed by atoms with Crippen molar-refractivity contribution in [1.29, 1.82) is 0 Å². The molecule has 5 aromatic rings. The van der Waals surface area contributed by atoms with Crippen molar-refractivity contribution in [2.24, 2.45) is 5.92 Å². The minimum absolute atomic E-state index is 0.0993. The molecule has 0 N–H and O–H groups in total. The van der Waals surface area contributed by atoms with Gasteiger partial charge in [-0.2, -0.15) is 0 Å². The fraction of sp³-hybridized carbons (Fsp3) is 0.135. The van der Waals surface area contributed by atoms with Gasteiger partial charge in [0.1, 0.15) is 23.4 Å². The Morgan fingerprint density at radius 3 is 1.85 bits per heavy atom. The largest absolute Gasteiger partial charge is 0.484 e. The van der Waals surface area contributed by atoms with E-state index in [2.05, 4.69) is 133 Å². The molecule has 8 rings (SSSR count). The zero-order valence-electron chi connectivity index (χ0n) is 21.6. The maximum Gasteiger partial charge on any atom is 0.132 e. The molecular formula is C37H28O2. The number of para-hydroxylation sites is 3. The standard InChI is InChI=1S/C37H28O2/c1-3-13-25(14-4-1)27-17-11-21-31-35(27)39-36-28(26-15-5-2-6-16-26)18-12-22-32(36)37(31)29-19-7-9-23-33(29)38-34-24-10-8-20-30(34)37/h1-11,13-21,23-24,32,36H,12,22H2. The highest BCUT2D eigenvalue weighted by Crippen LogP contribution is 2.63. The molecule has 0 radical (unpaired) electrons. The number of allylic oxidation sites excluding steroid dienone is 1. The highest BCUT2D eigenvalue weighted by Gasteiger charge is 2.57. The van der Waals surface area contributed by atoms with Crippen LogP contribution in [0, 0.1) is 5.92 Å². The van der Waals surface area contributed by atoms with Crippen molar-refractivity contribution in [1.82, 2.24) is 0 Å². The summed E-state index contributed by atoms with van der Waals surface area (Å²) in [6.07, 6.45) is 4.34. The molecule has 2 heterocycles. The van der Waals surface area contributed by atoms with Crippen LogP contribution in [0.5, 0.6) is 17.2 Å². The van der Waals surface area contributed by atoms with Crippen LogP contribution in [0.2, 0.25) is 0 Å². The van der Waals surface area contributed by atoms with Crippen LogP contribution in [0.4, 0.5) is 0 Å². The van der Waals surface area contributed by atoms with Gasteiger partial charge >= 0.3 is 0 Å². The highest BCUT2D eigenvalue weighted by molar-refractivity contribution is 5.80. The van der Waals surface area contributed by atoms with Gasteiger partial charge in [-0.25, -0.2) is 0 Å². The Morgan fingerprint density at radius 2 is 1.15 bits per heavy atom. The molecule has 39 heavy (non-hydrogen) atoms. The van der Waals surface area contributed by atoms with Crippen molar-refractivity contribution in [2.45, 2.75) is 24.4 Å². The van der Waals surface area contributed by atoms with E-state index in [-0.39, 0.29) is 12.0 Å². The first-order valence-corrected chi connectivity index (χ1v) is 13.8. The molecule has 0 saturated heterocycles. The zero-order chi connectivity index (χ0) is 25.8. The zero-order valence-corrected chi connectivity index (χ0v) is 21.6. The van der Waals surface area contributed by atoms with Gasteiger partial charge in [0.05, 0.1) is 5.41 Å². The molecule has 2 nitrogen and oxygen atoms in total. The van der Waals surface area contributed by atoms with Crippen LogP contribution in [0.3, 0.4) is 0 Å². The molecule has 2 atom stereocenters. The predicted molar refractivity (Wildman–Crippen MR) is 156 cm³/mol. The number of hydrogen-bond donors (Lipinski definition) is 0. The van der Waals surface area contributed by atoms with Crippen molar-refractivity contribution < 1.29 is 9.47 Å². The smallest absolute Gasteiger partial charge is 0.132 e. The van der Waals surface area contributed by atoms with E-state index in [1.807, 2.05) is 0 Å². The predicted octanol–water partition coefficient (Wildman–Crippen LogP) is 9.05. The second kappa shape index (κ2) is 8.74. The molecule has 0 amide bonds. The summed E-state index contributed by atoms with van der Waals surface area (Å²) in [5.74, 6) is 3.04. The second-order valence-electron chi connectivity index (χ2n) is 10.7. The van der Waals surface area contributed by atoms with E-state index in [4.69, 9.17) is 9.47 Å². The Labute approximate surface area is 229 Å². The molecule has 1 aliphatic carbocycles. The molecular weight excluding hydrogens is 476 g/mol. The van der Waals surface area contributed by atoms with Gasteiger partial charge < -0.3 is 9.47 Å². The van der Waals surface area contributed by atoms with Gasteiger partial charge in [0.2, 0.25) is 0 Å². The summed E-state index contributed by atoms with van der Waals surface area (Å²) in [6.45, 7) is 0. The molecule has 3 aliphatic rings. The number of benzene rings is 5.